The molecule has 0 aliphatic rings. The van der Waals surface area contributed by atoms with Crippen molar-refractivity contribution in [3.05, 3.63) is 29.6 Å². The summed E-state index contributed by atoms with van der Waals surface area (Å²) < 4.78 is 18.5. The Morgan fingerprint density at radius 3 is 2.65 bits per heavy atom. The van der Waals surface area contributed by atoms with E-state index in [1.54, 1.807) is 13.8 Å². The lowest BCUT2D eigenvalue weighted by molar-refractivity contribution is 0.00743. The van der Waals surface area contributed by atoms with Gasteiger partial charge in [0, 0.05) is 5.56 Å². The van der Waals surface area contributed by atoms with Gasteiger partial charge in [0.05, 0.1) is 11.7 Å². The molecule has 0 heterocycles. The van der Waals surface area contributed by atoms with Crippen LogP contribution in [0.4, 0.5) is 4.39 Å². The third-order valence-electron chi connectivity index (χ3n) is 2.72. The van der Waals surface area contributed by atoms with Crippen molar-refractivity contribution >= 4 is 0 Å². The maximum atomic E-state index is 13.0. The standard InChI is InChI=1S/C13H19FO3/c1-4-13(3,16)8-17-12-6-5-10(14)7-11(12)9(2)15/h5-7,9,15-16H,4,8H2,1-3H3/t9-,13?/m1/s1. The highest BCUT2D eigenvalue weighted by molar-refractivity contribution is 5.35. The van der Waals surface area contributed by atoms with Crippen molar-refractivity contribution in [2.24, 2.45) is 0 Å². The van der Waals surface area contributed by atoms with Crippen molar-refractivity contribution in [3.8, 4) is 5.75 Å². The summed E-state index contributed by atoms with van der Waals surface area (Å²) in [6.45, 7) is 5.16. The molecule has 0 saturated carbocycles. The smallest absolute Gasteiger partial charge is 0.125 e. The van der Waals surface area contributed by atoms with Crippen molar-refractivity contribution < 1.29 is 19.3 Å². The van der Waals surface area contributed by atoms with Crippen molar-refractivity contribution in [1.82, 2.24) is 0 Å². The van der Waals surface area contributed by atoms with Crippen LogP contribution in [0.5, 0.6) is 5.75 Å². The molecule has 3 nitrogen and oxygen atoms in total. The van der Waals surface area contributed by atoms with Crippen LogP contribution >= 0.6 is 0 Å². The summed E-state index contributed by atoms with van der Waals surface area (Å²) in [5, 5.41) is 19.3. The molecule has 1 aromatic rings. The Bertz CT molecular complexity index is 375. The van der Waals surface area contributed by atoms with Crippen LogP contribution in [0.1, 0.15) is 38.9 Å². The van der Waals surface area contributed by atoms with Crippen LogP contribution in [0.2, 0.25) is 0 Å². The highest BCUT2D eigenvalue weighted by Gasteiger charge is 2.20. The minimum absolute atomic E-state index is 0.106. The van der Waals surface area contributed by atoms with Crippen LogP contribution in [-0.4, -0.2) is 22.4 Å². The van der Waals surface area contributed by atoms with E-state index in [9.17, 15) is 14.6 Å². The first kappa shape index (κ1) is 13.9. The second kappa shape index (κ2) is 5.47. The predicted octanol–water partition coefficient (Wildman–Crippen LogP) is 2.42. The number of hydrogen-bond acceptors (Lipinski definition) is 3. The zero-order valence-electron chi connectivity index (χ0n) is 10.4. The van der Waals surface area contributed by atoms with Gasteiger partial charge in [-0.2, -0.15) is 0 Å². The summed E-state index contributed by atoms with van der Waals surface area (Å²) in [4.78, 5) is 0. The molecule has 0 radical (unpaired) electrons. The largest absolute Gasteiger partial charge is 0.490 e. The van der Waals surface area contributed by atoms with E-state index >= 15 is 0 Å². The maximum Gasteiger partial charge on any atom is 0.125 e. The molecule has 17 heavy (non-hydrogen) atoms. The van der Waals surface area contributed by atoms with Crippen molar-refractivity contribution in [2.45, 2.75) is 38.9 Å². The molecule has 0 amide bonds. The van der Waals surface area contributed by atoms with E-state index in [0.29, 0.717) is 17.7 Å². The van der Waals surface area contributed by atoms with Crippen molar-refractivity contribution in [2.75, 3.05) is 6.61 Å². The van der Waals surface area contributed by atoms with Crippen LogP contribution in [0.25, 0.3) is 0 Å². The molecular weight excluding hydrogens is 223 g/mol. The van der Waals surface area contributed by atoms with E-state index < -0.39 is 17.5 Å². The summed E-state index contributed by atoms with van der Waals surface area (Å²) in [7, 11) is 0. The Morgan fingerprint density at radius 1 is 1.47 bits per heavy atom. The second-order valence-electron chi connectivity index (χ2n) is 4.50. The third kappa shape index (κ3) is 3.98. The quantitative estimate of drug-likeness (QED) is 0.833. The van der Waals surface area contributed by atoms with Gasteiger partial charge < -0.3 is 14.9 Å². The molecule has 2 atom stereocenters. The maximum absolute atomic E-state index is 13.0. The normalized spacial score (nSPS) is 16.4. The molecule has 0 aliphatic heterocycles. The molecular formula is C13H19FO3. The van der Waals surface area contributed by atoms with Gasteiger partial charge in [-0.15, -0.1) is 0 Å². The van der Waals surface area contributed by atoms with Gasteiger partial charge in [0.1, 0.15) is 18.2 Å². The van der Waals surface area contributed by atoms with Crippen molar-refractivity contribution in [3.63, 3.8) is 0 Å². The number of aliphatic hydroxyl groups excluding tert-OH is 1. The lowest BCUT2D eigenvalue weighted by Crippen LogP contribution is -2.31. The molecule has 2 N–H and O–H groups in total. The van der Waals surface area contributed by atoms with E-state index in [1.807, 2.05) is 6.92 Å². The molecule has 1 unspecified atom stereocenters. The lowest BCUT2D eigenvalue weighted by Gasteiger charge is -2.23. The lowest BCUT2D eigenvalue weighted by atomic mass is 10.1. The molecule has 0 aliphatic carbocycles. The first-order valence-electron chi connectivity index (χ1n) is 5.68. The van der Waals surface area contributed by atoms with Gasteiger partial charge in [0.15, 0.2) is 0 Å². The summed E-state index contributed by atoms with van der Waals surface area (Å²) in [6, 6.07) is 3.96. The Labute approximate surface area is 101 Å². The Kier molecular flexibility index (Phi) is 4.48. The van der Waals surface area contributed by atoms with Gasteiger partial charge in [-0.3, -0.25) is 0 Å². The summed E-state index contributed by atoms with van der Waals surface area (Å²) in [5.41, 5.74) is -0.540. The van der Waals surface area contributed by atoms with Crippen LogP contribution in [0, 0.1) is 5.82 Å². The van der Waals surface area contributed by atoms with Crippen LogP contribution in [-0.2, 0) is 0 Å². The Hall–Kier alpha value is -1.13. The Balaban J connectivity index is 2.84. The molecule has 0 saturated heterocycles. The van der Waals surface area contributed by atoms with E-state index in [-0.39, 0.29) is 6.61 Å². The highest BCUT2D eigenvalue weighted by atomic mass is 19.1. The van der Waals surface area contributed by atoms with Gasteiger partial charge in [-0.1, -0.05) is 6.92 Å². The summed E-state index contributed by atoms with van der Waals surface area (Å²) in [6.07, 6.45) is -0.259. The monoisotopic (exact) mass is 242 g/mol. The molecule has 4 heteroatoms. The molecule has 96 valence electrons. The second-order valence-corrected chi connectivity index (χ2v) is 4.50. The Morgan fingerprint density at radius 2 is 2.12 bits per heavy atom. The zero-order valence-corrected chi connectivity index (χ0v) is 10.4. The van der Waals surface area contributed by atoms with Gasteiger partial charge in [-0.25, -0.2) is 4.39 Å². The fraction of sp³-hybridized carbons (Fsp3) is 0.538. The number of halogens is 1. The minimum Gasteiger partial charge on any atom is -0.490 e. The van der Waals surface area contributed by atoms with E-state index in [2.05, 4.69) is 0 Å². The topological polar surface area (TPSA) is 49.7 Å². The summed E-state index contributed by atoms with van der Waals surface area (Å²) >= 11 is 0. The van der Waals surface area contributed by atoms with E-state index in [1.165, 1.54) is 18.2 Å². The number of aliphatic hydroxyl groups is 2. The summed E-state index contributed by atoms with van der Waals surface area (Å²) in [5.74, 6) is -0.0226. The minimum atomic E-state index is -0.926. The molecule has 0 bridgehead atoms. The van der Waals surface area contributed by atoms with Gasteiger partial charge >= 0.3 is 0 Å². The fourth-order valence-corrected chi connectivity index (χ4v) is 1.31. The molecule has 0 aromatic heterocycles. The van der Waals surface area contributed by atoms with Gasteiger partial charge in [0.2, 0.25) is 0 Å². The van der Waals surface area contributed by atoms with E-state index in [4.69, 9.17) is 4.74 Å². The highest BCUT2D eigenvalue weighted by Crippen LogP contribution is 2.27. The molecule has 0 spiro atoms. The SMILES string of the molecule is CCC(C)(O)COc1ccc(F)cc1[C@@H](C)O. The average molecular weight is 242 g/mol. The van der Waals surface area contributed by atoms with Gasteiger partial charge in [0.25, 0.3) is 0 Å². The zero-order chi connectivity index (χ0) is 13.1. The first-order chi connectivity index (χ1) is 7.85. The number of hydrogen-bond donors (Lipinski definition) is 2. The number of ether oxygens (including phenoxy) is 1. The third-order valence-corrected chi connectivity index (χ3v) is 2.72. The van der Waals surface area contributed by atoms with Crippen LogP contribution in [0.15, 0.2) is 18.2 Å². The molecule has 1 aromatic carbocycles. The fourth-order valence-electron chi connectivity index (χ4n) is 1.31. The number of rotatable bonds is 5. The van der Waals surface area contributed by atoms with Crippen molar-refractivity contribution in [1.29, 1.82) is 0 Å². The van der Waals surface area contributed by atoms with E-state index in [0.717, 1.165) is 0 Å². The molecule has 1 rings (SSSR count). The number of benzene rings is 1. The first-order valence-corrected chi connectivity index (χ1v) is 5.68. The van der Waals surface area contributed by atoms with Gasteiger partial charge in [-0.05, 0) is 38.5 Å². The van der Waals surface area contributed by atoms with Crippen LogP contribution in [0.3, 0.4) is 0 Å². The van der Waals surface area contributed by atoms with Crippen LogP contribution < -0.4 is 4.74 Å². The molecule has 0 fully saturated rings. The predicted molar refractivity (Wildman–Crippen MR) is 63.4 cm³/mol. The average Bonchev–Trinajstić information content (AvgIpc) is 2.27.